The molecule has 0 amide bonds. The Morgan fingerprint density at radius 2 is 1.57 bits per heavy atom. The number of hydrogen-bond acceptors (Lipinski definition) is 5. The summed E-state index contributed by atoms with van der Waals surface area (Å²) in [6, 6.07) is 17.9. The molecule has 1 aliphatic rings. The predicted octanol–water partition coefficient (Wildman–Crippen LogP) is 3.67. The van der Waals surface area contributed by atoms with Crippen LogP contribution in [0.1, 0.15) is 12.5 Å². The van der Waals surface area contributed by atoms with E-state index in [1.54, 1.807) is 6.20 Å². The largest absolute Gasteiger partial charge is 0.492 e. The number of ether oxygens (including phenoxy) is 1. The summed E-state index contributed by atoms with van der Waals surface area (Å²) in [7, 11) is 0. The molecule has 1 aromatic heterocycles. The minimum atomic E-state index is -0.262. The van der Waals surface area contributed by atoms with Crippen LogP contribution in [0.25, 0.3) is 0 Å². The van der Waals surface area contributed by atoms with E-state index in [4.69, 9.17) is 16.3 Å². The van der Waals surface area contributed by atoms with E-state index in [-0.39, 0.29) is 10.6 Å². The van der Waals surface area contributed by atoms with Crippen molar-refractivity contribution < 1.29 is 4.74 Å². The molecule has 0 radical (unpaired) electrons. The molecule has 6 nitrogen and oxygen atoms in total. The summed E-state index contributed by atoms with van der Waals surface area (Å²) in [5, 5.41) is 4.60. The number of nitrogens with zero attached hydrogens (tertiary/aromatic N) is 4. The van der Waals surface area contributed by atoms with Crippen LogP contribution in [-0.4, -0.2) is 42.6 Å². The van der Waals surface area contributed by atoms with Crippen molar-refractivity contribution >= 4 is 23.0 Å². The third-order valence-electron chi connectivity index (χ3n) is 5.27. The van der Waals surface area contributed by atoms with Crippen LogP contribution in [0.4, 0.5) is 11.4 Å². The number of aromatic nitrogens is 2. The quantitative estimate of drug-likeness (QED) is 0.604. The SMILES string of the molecule is CCOc1ccccc1N1CCN(c2cnn(Cc3ccccc3)c(=O)c2Cl)CC1. The molecular weight excluding hydrogens is 400 g/mol. The van der Waals surface area contributed by atoms with Gasteiger partial charge in [0.05, 0.1) is 30.7 Å². The van der Waals surface area contributed by atoms with E-state index in [2.05, 4.69) is 21.0 Å². The molecule has 0 aliphatic carbocycles. The van der Waals surface area contributed by atoms with Crippen molar-refractivity contribution in [3.63, 3.8) is 0 Å². The van der Waals surface area contributed by atoms with E-state index >= 15 is 0 Å². The highest BCUT2D eigenvalue weighted by Crippen LogP contribution is 2.30. The lowest BCUT2D eigenvalue weighted by Gasteiger charge is -2.38. The van der Waals surface area contributed by atoms with Gasteiger partial charge < -0.3 is 14.5 Å². The highest BCUT2D eigenvalue weighted by molar-refractivity contribution is 6.33. The van der Waals surface area contributed by atoms with E-state index in [0.717, 1.165) is 43.2 Å². The van der Waals surface area contributed by atoms with Gasteiger partial charge in [0.1, 0.15) is 10.8 Å². The van der Waals surface area contributed by atoms with Crippen LogP contribution < -0.4 is 20.1 Å². The Bertz CT molecular complexity index is 1050. The molecule has 0 N–H and O–H groups in total. The molecule has 0 unspecified atom stereocenters. The summed E-state index contributed by atoms with van der Waals surface area (Å²) in [4.78, 5) is 17.2. The summed E-state index contributed by atoms with van der Waals surface area (Å²) in [6.45, 7) is 6.16. The molecule has 1 aliphatic heterocycles. The Balaban J connectivity index is 1.47. The van der Waals surface area contributed by atoms with E-state index in [1.165, 1.54) is 4.68 Å². The Kier molecular flexibility index (Phi) is 6.23. The fourth-order valence-corrected chi connectivity index (χ4v) is 4.00. The Hall–Kier alpha value is -2.99. The summed E-state index contributed by atoms with van der Waals surface area (Å²) >= 11 is 6.47. The van der Waals surface area contributed by atoms with Crippen LogP contribution in [0.3, 0.4) is 0 Å². The van der Waals surface area contributed by atoms with Gasteiger partial charge in [0.2, 0.25) is 0 Å². The molecule has 0 spiro atoms. The van der Waals surface area contributed by atoms with Crippen molar-refractivity contribution in [2.45, 2.75) is 13.5 Å². The molecule has 0 saturated carbocycles. The second kappa shape index (κ2) is 9.22. The highest BCUT2D eigenvalue weighted by Gasteiger charge is 2.23. The lowest BCUT2D eigenvalue weighted by atomic mass is 10.2. The zero-order chi connectivity index (χ0) is 20.9. The fraction of sp³-hybridized carbons (Fsp3) is 0.304. The summed E-state index contributed by atoms with van der Waals surface area (Å²) in [5.41, 5.74) is 2.55. The zero-order valence-electron chi connectivity index (χ0n) is 17.0. The molecule has 156 valence electrons. The highest BCUT2D eigenvalue weighted by atomic mass is 35.5. The van der Waals surface area contributed by atoms with Crippen molar-refractivity contribution in [1.82, 2.24) is 9.78 Å². The van der Waals surface area contributed by atoms with Gasteiger partial charge in [-0.25, -0.2) is 4.68 Å². The average molecular weight is 425 g/mol. The molecule has 2 heterocycles. The first-order chi connectivity index (χ1) is 14.7. The van der Waals surface area contributed by atoms with Gasteiger partial charge in [0.25, 0.3) is 5.56 Å². The van der Waals surface area contributed by atoms with Crippen LogP contribution in [0.2, 0.25) is 5.02 Å². The maximum Gasteiger partial charge on any atom is 0.287 e. The number of anilines is 2. The van der Waals surface area contributed by atoms with Gasteiger partial charge in [-0.15, -0.1) is 0 Å². The number of halogens is 1. The second-order valence-corrected chi connectivity index (χ2v) is 7.54. The average Bonchev–Trinajstić information content (AvgIpc) is 2.79. The van der Waals surface area contributed by atoms with Gasteiger partial charge >= 0.3 is 0 Å². The summed E-state index contributed by atoms with van der Waals surface area (Å²) < 4.78 is 7.18. The lowest BCUT2D eigenvalue weighted by molar-refractivity contribution is 0.340. The van der Waals surface area contributed by atoms with E-state index in [0.29, 0.717) is 18.8 Å². The number of para-hydroxylation sites is 2. The summed E-state index contributed by atoms with van der Waals surface area (Å²) in [6.07, 6.45) is 1.70. The number of hydrogen-bond donors (Lipinski definition) is 0. The lowest BCUT2D eigenvalue weighted by Crippen LogP contribution is -2.47. The molecule has 3 aromatic rings. The third kappa shape index (κ3) is 4.28. The Morgan fingerprint density at radius 1 is 0.933 bits per heavy atom. The van der Waals surface area contributed by atoms with Gasteiger partial charge in [0.15, 0.2) is 0 Å². The van der Waals surface area contributed by atoms with Crippen molar-refractivity contribution in [3.05, 3.63) is 81.7 Å². The first-order valence-electron chi connectivity index (χ1n) is 10.2. The van der Waals surface area contributed by atoms with Crippen molar-refractivity contribution in [2.24, 2.45) is 0 Å². The van der Waals surface area contributed by atoms with Crippen molar-refractivity contribution in [2.75, 3.05) is 42.6 Å². The number of rotatable bonds is 6. The topological polar surface area (TPSA) is 50.6 Å². The van der Waals surface area contributed by atoms with Crippen LogP contribution in [-0.2, 0) is 6.54 Å². The van der Waals surface area contributed by atoms with Crippen molar-refractivity contribution in [1.29, 1.82) is 0 Å². The maximum atomic E-state index is 12.8. The first kappa shape index (κ1) is 20.3. The van der Waals surface area contributed by atoms with Gasteiger partial charge in [-0.3, -0.25) is 4.79 Å². The monoisotopic (exact) mass is 424 g/mol. The van der Waals surface area contributed by atoms with Gasteiger partial charge in [-0.1, -0.05) is 54.1 Å². The molecule has 30 heavy (non-hydrogen) atoms. The molecule has 1 fully saturated rings. The van der Waals surface area contributed by atoms with Gasteiger partial charge in [-0.05, 0) is 24.6 Å². The Labute approximate surface area is 181 Å². The summed E-state index contributed by atoms with van der Waals surface area (Å²) in [5.74, 6) is 0.900. The van der Waals surface area contributed by atoms with E-state index in [1.807, 2.05) is 55.5 Å². The van der Waals surface area contributed by atoms with Crippen LogP contribution in [0.5, 0.6) is 5.75 Å². The van der Waals surface area contributed by atoms with E-state index in [9.17, 15) is 4.79 Å². The number of benzene rings is 2. The molecule has 4 rings (SSSR count). The second-order valence-electron chi connectivity index (χ2n) is 7.17. The smallest absolute Gasteiger partial charge is 0.287 e. The third-order valence-corrected chi connectivity index (χ3v) is 5.62. The van der Waals surface area contributed by atoms with Crippen LogP contribution >= 0.6 is 11.6 Å². The van der Waals surface area contributed by atoms with Gasteiger partial charge in [-0.2, -0.15) is 5.10 Å². The van der Waals surface area contributed by atoms with Crippen molar-refractivity contribution in [3.8, 4) is 5.75 Å². The maximum absolute atomic E-state index is 12.8. The molecule has 0 bridgehead atoms. The predicted molar refractivity (Wildman–Crippen MR) is 121 cm³/mol. The number of piperazine rings is 1. The van der Waals surface area contributed by atoms with E-state index < -0.39 is 0 Å². The molecule has 1 saturated heterocycles. The molecular formula is C23H25ClN4O2. The van der Waals surface area contributed by atoms with Gasteiger partial charge in [0, 0.05) is 26.2 Å². The fourth-order valence-electron chi connectivity index (χ4n) is 3.73. The molecule has 7 heteroatoms. The minimum Gasteiger partial charge on any atom is -0.492 e. The minimum absolute atomic E-state index is 0.226. The van der Waals surface area contributed by atoms with Crippen LogP contribution in [0, 0.1) is 0 Å². The zero-order valence-corrected chi connectivity index (χ0v) is 17.8. The molecule has 0 atom stereocenters. The first-order valence-corrected chi connectivity index (χ1v) is 10.6. The Morgan fingerprint density at radius 3 is 2.27 bits per heavy atom. The standard InChI is InChI=1S/C23H25ClN4O2/c1-2-30-21-11-7-6-10-19(21)26-12-14-27(15-13-26)20-16-25-28(23(29)22(20)24)17-18-8-4-3-5-9-18/h3-11,16H,2,12-15,17H2,1H3. The normalized spacial score (nSPS) is 14.1. The van der Waals surface area contributed by atoms with Crippen LogP contribution in [0.15, 0.2) is 65.6 Å². The molecule has 2 aromatic carbocycles.